The first-order chi connectivity index (χ1) is 19.1. The minimum absolute atomic E-state index is 0.162. The van der Waals surface area contributed by atoms with Crippen molar-refractivity contribution in [2.75, 3.05) is 63.1 Å². The van der Waals surface area contributed by atoms with Crippen molar-refractivity contribution in [1.82, 2.24) is 20.2 Å². The molecule has 216 valence electrons. The van der Waals surface area contributed by atoms with E-state index in [2.05, 4.69) is 27.2 Å². The number of rotatable bonds is 12. The van der Waals surface area contributed by atoms with Gasteiger partial charge in [-0.05, 0) is 6.08 Å². The Balaban J connectivity index is 1.92. The highest BCUT2D eigenvalue weighted by Crippen LogP contribution is 2.46. The lowest BCUT2D eigenvalue weighted by Crippen LogP contribution is -2.45. The number of nitrogens with zero attached hydrogens (tertiary/aromatic N) is 5. The predicted molar refractivity (Wildman–Crippen MR) is 151 cm³/mol. The molecule has 3 rings (SSSR count). The fraction of sp³-hybridized carbons (Fsp3) is 0.400. The van der Waals surface area contributed by atoms with Gasteiger partial charge in [0.15, 0.2) is 0 Å². The van der Waals surface area contributed by atoms with Gasteiger partial charge in [-0.1, -0.05) is 29.8 Å². The number of benzene rings is 1. The van der Waals surface area contributed by atoms with E-state index >= 15 is 0 Å². The van der Waals surface area contributed by atoms with Crippen molar-refractivity contribution in [2.45, 2.75) is 18.6 Å². The second-order valence-electron chi connectivity index (χ2n) is 8.90. The number of aromatic nitrogens is 2. The van der Waals surface area contributed by atoms with Crippen LogP contribution in [0.4, 0.5) is 17.5 Å². The molecule has 1 aromatic carbocycles. The number of carbonyl (C=O) groups is 3. The summed E-state index contributed by atoms with van der Waals surface area (Å²) in [6.45, 7) is 3.35. The number of halogens is 2. The van der Waals surface area contributed by atoms with Crippen LogP contribution in [-0.2, 0) is 20.9 Å². The summed E-state index contributed by atoms with van der Waals surface area (Å²) in [5, 5.41) is 15.7. The van der Waals surface area contributed by atoms with Crippen LogP contribution in [0.25, 0.3) is 0 Å². The van der Waals surface area contributed by atoms with Crippen LogP contribution in [0.15, 0.2) is 24.9 Å². The number of hydrogen-bond donors (Lipinski definition) is 3. The Morgan fingerprint density at radius 1 is 1.20 bits per heavy atom. The summed E-state index contributed by atoms with van der Waals surface area (Å²) in [5.41, 5.74) is 1.01. The lowest BCUT2D eigenvalue weighted by Gasteiger charge is -2.26. The Kier molecular flexibility index (Phi) is 10.4. The van der Waals surface area contributed by atoms with E-state index in [1.807, 2.05) is 0 Å². The van der Waals surface area contributed by atoms with Gasteiger partial charge in [0.05, 0.1) is 32.0 Å². The Morgan fingerprint density at radius 2 is 1.82 bits per heavy atom. The lowest BCUT2D eigenvalue weighted by atomic mass is 10.1. The van der Waals surface area contributed by atoms with Crippen LogP contribution in [-0.4, -0.2) is 98.3 Å². The maximum absolute atomic E-state index is 12.1. The van der Waals surface area contributed by atoms with E-state index in [1.54, 1.807) is 31.3 Å². The van der Waals surface area contributed by atoms with Crippen molar-refractivity contribution in [1.29, 1.82) is 0 Å². The maximum atomic E-state index is 12.1. The first-order valence-electron chi connectivity index (χ1n) is 12.0. The highest BCUT2D eigenvalue weighted by Gasteiger charge is 2.36. The Bertz CT molecular complexity index is 1250. The molecule has 3 amide bonds. The zero-order chi connectivity index (χ0) is 29.6. The summed E-state index contributed by atoms with van der Waals surface area (Å²) < 4.78 is 10.7. The molecule has 1 aromatic heterocycles. The molecule has 1 fully saturated rings. The molecular weight excluding hydrogens is 565 g/mol. The summed E-state index contributed by atoms with van der Waals surface area (Å²) >= 11 is 13.1. The Labute approximate surface area is 241 Å². The van der Waals surface area contributed by atoms with Gasteiger partial charge in [0.25, 0.3) is 0 Å². The molecule has 1 aliphatic heterocycles. The predicted octanol–water partition coefficient (Wildman–Crippen LogP) is 1.32. The fourth-order valence-electron chi connectivity index (χ4n) is 4.28. The van der Waals surface area contributed by atoms with Gasteiger partial charge in [0, 0.05) is 51.6 Å². The minimum atomic E-state index is -0.658. The molecule has 2 aromatic rings. The monoisotopic (exact) mass is 595 g/mol. The molecule has 2 atom stereocenters. The quantitative estimate of drug-likeness (QED) is 0.242. The molecule has 1 aliphatic rings. The highest BCUT2D eigenvalue weighted by molar-refractivity contribution is 6.41. The summed E-state index contributed by atoms with van der Waals surface area (Å²) in [7, 11) is 6.25. The maximum Gasteiger partial charge on any atom is 0.248 e. The minimum Gasteiger partial charge on any atom is -0.495 e. The third-order valence-electron chi connectivity index (χ3n) is 6.31. The number of likely N-dealkylation sites (tertiary alicyclic amines) is 1. The second-order valence-corrected chi connectivity index (χ2v) is 9.66. The van der Waals surface area contributed by atoms with Crippen molar-refractivity contribution in [3.63, 3.8) is 0 Å². The highest BCUT2D eigenvalue weighted by atomic mass is 35.5. The zero-order valence-electron chi connectivity index (χ0n) is 22.5. The van der Waals surface area contributed by atoms with E-state index < -0.39 is 30.5 Å². The smallest absolute Gasteiger partial charge is 0.248 e. The average molecular weight is 596 g/mol. The van der Waals surface area contributed by atoms with E-state index in [-0.39, 0.29) is 35.6 Å². The number of anilines is 3. The average Bonchev–Trinajstić information content (AvgIpc) is 3.34. The van der Waals surface area contributed by atoms with E-state index in [1.165, 1.54) is 24.0 Å². The molecule has 0 radical (unpaired) electrons. The number of methoxy groups -OCH3 is 2. The van der Waals surface area contributed by atoms with Gasteiger partial charge in [-0.25, -0.2) is 4.98 Å². The second kappa shape index (κ2) is 13.5. The largest absolute Gasteiger partial charge is 0.495 e. The topological polar surface area (TPSA) is 149 Å². The molecule has 0 saturated carbocycles. The third kappa shape index (κ3) is 6.66. The van der Waals surface area contributed by atoms with Gasteiger partial charge in [-0.15, -0.1) is 0 Å². The zero-order valence-corrected chi connectivity index (χ0v) is 24.0. The molecule has 3 N–H and O–H groups in total. The van der Waals surface area contributed by atoms with Gasteiger partial charge in [0.1, 0.15) is 34.0 Å². The fourth-order valence-corrected chi connectivity index (χ4v) is 5.07. The molecule has 0 aliphatic carbocycles. The molecule has 2 unspecified atom stereocenters. The number of carbonyl (C=O) groups excluding carboxylic acids is 3. The van der Waals surface area contributed by atoms with Crippen LogP contribution in [0.3, 0.4) is 0 Å². The van der Waals surface area contributed by atoms with Crippen LogP contribution in [0.5, 0.6) is 11.5 Å². The number of aliphatic hydroxyl groups is 1. The lowest BCUT2D eigenvalue weighted by molar-refractivity contribution is -0.133. The molecule has 40 heavy (non-hydrogen) atoms. The van der Waals surface area contributed by atoms with Gasteiger partial charge >= 0.3 is 0 Å². The molecule has 1 saturated heterocycles. The van der Waals surface area contributed by atoms with Gasteiger partial charge in [-0.3, -0.25) is 14.4 Å². The van der Waals surface area contributed by atoms with Crippen molar-refractivity contribution < 1.29 is 29.0 Å². The standard InChI is InChI=1S/C25H31Cl2N7O6/c1-6-19(37)29-15-10-34(20(38)12-35)11-16(15)30-25-28-8-14(24(31-25)33(3)13-36)9-32(2)23-21(26)17(39-4)7-18(40-5)22(23)27/h6-8,13,15-16,35H,1,9-12H2,2-5H3,(H,29,37)(H,28,30,31). The van der Waals surface area contributed by atoms with Gasteiger partial charge < -0.3 is 39.9 Å². The van der Waals surface area contributed by atoms with Crippen LogP contribution < -0.4 is 29.9 Å². The van der Waals surface area contributed by atoms with Crippen molar-refractivity contribution in [3.05, 3.63) is 40.5 Å². The van der Waals surface area contributed by atoms with Crippen molar-refractivity contribution in [3.8, 4) is 11.5 Å². The number of ether oxygens (including phenoxy) is 2. The summed E-state index contributed by atoms with van der Waals surface area (Å²) in [4.78, 5) is 49.2. The van der Waals surface area contributed by atoms with E-state index in [4.69, 9.17) is 32.7 Å². The van der Waals surface area contributed by atoms with Crippen LogP contribution in [0, 0.1) is 0 Å². The summed E-state index contributed by atoms with van der Waals surface area (Å²) in [5.74, 6) is 0.310. The van der Waals surface area contributed by atoms with Gasteiger partial charge in [0.2, 0.25) is 24.2 Å². The Hall–Kier alpha value is -3.81. The number of nitrogens with one attached hydrogen (secondary N) is 2. The SMILES string of the molecule is C=CC(=O)NC1CN(C(=O)CO)CC1Nc1ncc(CN(C)c2c(Cl)c(OC)cc(OC)c2Cl)c(N(C)C=O)n1. The first-order valence-corrected chi connectivity index (χ1v) is 12.8. The van der Waals surface area contributed by atoms with E-state index in [0.29, 0.717) is 35.0 Å². The third-order valence-corrected chi connectivity index (χ3v) is 7.04. The number of amides is 3. The molecule has 0 bridgehead atoms. The molecule has 2 heterocycles. The molecular formula is C25H31Cl2N7O6. The Morgan fingerprint density at radius 3 is 2.38 bits per heavy atom. The van der Waals surface area contributed by atoms with Crippen molar-refractivity contribution >= 4 is 58.9 Å². The summed E-state index contributed by atoms with van der Waals surface area (Å²) in [6, 6.07) is 0.597. The molecule has 0 spiro atoms. The van der Waals surface area contributed by atoms with Gasteiger partial charge in [-0.2, -0.15) is 4.98 Å². The molecule has 15 heteroatoms. The van der Waals surface area contributed by atoms with Crippen LogP contribution in [0.2, 0.25) is 10.0 Å². The first kappa shape index (κ1) is 30.7. The van der Waals surface area contributed by atoms with E-state index in [9.17, 15) is 19.5 Å². The van der Waals surface area contributed by atoms with Crippen LogP contribution >= 0.6 is 23.2 Å². The summed E-state index contributed by atoms with van der Waals surface area (Å²) in [6.07, 6.45) is 3.28. The van der Waals surface area contributed by atoms with E-state index in [0.717, 1.165) is 6.08 Å². The van der Waals surface area contributed by atoms with Crippen molar-refractivity contribution in [2.24, 2.45) is 0 Å². The number of hydrogen-bond acceptors (Lipinski definition) is 10. The van der Waals surface area contributed by atoms with Crippen LogP contribution in [0.1, 0.15) is 5.56 Å². The normalized spacial score (nSPS) is 16.2. The molecule has 13 nitrogen and oxygen atoms in total. The number of aliphatic hydroxyl groups excluding tert-OH is 1.